The topological polar surface area (TPSA) is 39.7 Å². The van der Waals surface area contributed by atoms with Gasteiger partial charge in [0, 0.05) is 39.3 Å². The van der Waals surface area contributed by atoms with Crippen LogP contribution in [0.2, 0.25) is 0 Å². The number of halogens is 1. The van der Waals surface area contributed by atoms with Gasteiger partial charge in [-0.1, -0.05) is 30.3 Å². The zero-order valence-corrected chi connectivity index (χ0v) is 16.4. The minimum absolute atomic E-state index is 0. The third-order valence-corrected chi connectivity index (χ3v) is 3.87. The molecule has 0 bridgehead atoms. The molecular formula is C18H29IN4. The lowest BCUT2D eigenvalue weighted by atomic mass is 10.00. The van der Waals surface area contributed by atoms with Gasteiger partial charge >= 0.3 is 0 Å². The quantitative estimate of drug-likeness (QED) is 0.231. The number of aliphatic imine (C=N–C) groups is 1. The average Bonchev–Trinajstić information content (AvgIpc) is 2.56. The highest BCUT2D eigenvalue weighted by molar-refractivity contribution is 14.0. The Hall–Kier alpha value is -1.08. The van der Waals surface area contributed by atoms with Gasteiger partial charge in [0.2, 0.25) is 0 Å². The van der Waals surface area contributed by atoms with Crippen molar-refractivity contribution in [2.75, 3.05) is 32.7 Å². The normalized spacial score (nSPS) is 14.6. The van der Waals surface area contributed by atoms with Crippen LogP contribution in [-0.2, 0) is 13.0 Å². The van der Waals surface area contributed by atoms with Crippen LogP contribution in [0, 0.1) is 0 Å². The molecular weight excluding hydrogens is 399 g/mol. The number of rotatable bonds is 7. The second-order valence-electron chi connectivity index (χ2n) is 5.58. The number of hydrogen-bond acceptors (Lipinski definition) is 2. The second-order valence-corrected chi connectivity index (χ2v) is 5.58. The lowest BCUT2D eigenvalue weighted by Crippen LogP contribution is -2.37. The van der Waals surface area contributed by atoms with Crippen molar-refractivity contribution in [3.63, 3.8) is 0 Å². The maximum atomic E-state index is 4.60. The molecule has 0 saturated carbocycles. The van der Waals surface area contributed by atoms with Crippen molar-refractivity contribution in [2.24, 2.45) is 4.99 Å². The number of benzene rings is 1. The van der Waals surface area contributed by atoms with E-state index in [1.54, 1.807) is 0 Å². The van der Waals surface area contributed by atoms with E-state index in [2.05, 4.69) is 58.3 Å². The maximum absolute atomic E-state index is 4.60. The molecule has 1 aromatic rings. The minimum atomic E-state index is 0. The van der Waals surface area contributed by atoms with Gasteiger partial charge < -0.3 is 10.6 Å². The molecule has 2 rings (SSSR count). The predicted molar refractivity (Wildman–Crippen MR) is 110 cm³/mol. The lowest BCUT2D eigenvalue weighted by Gasteiger charge is -2.28. The van der Waals surface area contributed by atoms with E-state index < -0.39 is 0 Å². The summed E-state index contributed by atoms with van der Waals surface area (Å²) in [6.45, 7) is 11.6. The highest BCUT2D eigenvalue weighted by Gasteiger charge is 2.14. The molecule has 1 aliphatic heterocycles. The average molecular weight is 428 g/mol. The Labute approximate surface area is 157 Å². The summed E-state index contributed by atoms with van der Waals surface area (Å²) in [7, 11) is 0. The third-order valence-electron chi connectivity index (χ3n) is 3.87. The minimum Gasteiger partial charge on any atom is -0.357 e. The first kappa shape index (κ1) is 20.0. The van der Waals surface area contributed by atoms with Gasteiger partial charge in [-0.3, -0.25) is 9.89 Å². The van der Waals surface area contributed by atoms with Crippen molar-refractivity contribution in [2.45, 2.75) is 26.3 Å². The summed E-state index contributed by atoms with van der Waals surface area (Å²) in [6.07, 6.45) is 4.10. The number of nitrogens with zero attached hydrogens (tertiary/aromatic N) is 2. The fraction of sp³-hybridized carbons (Fsp3) is 0.500. The molecule has 4 nitrogen and oxygen atoms in total. The largest absolute Gasteiger partial charge is 0.357 e. The predicted octanol–water partition coefficient (Wildman–Crippen LogP) is 2.79. The Balaban J connectivity index is 0.00000264. The van der Waals surface area contributed by atoms with Gasteiger partial charge in [-0.2, -0.15) is 0 Å². The van der Waals surface area contributed by atoms with Gasteiger partial charge in [-0.05, 0) is 30.9 Å². The highest BCUT2D eigenvalue weighted by atomic mass is 127. The first-order chi connectivity index (χ1) is 10.8. The van der Waals surface area contributed by atoms with E-state index in [1.807, 2.05) is 6.08 Å². The molecule has 0 fully saturated rings. The van der Waals surface area contributed by atoms with Crippen LogP contribution in [0.5, 0.6) is 0 Å². The fourth-order valence-corrected chi connectivity index (χ4v) is 2.74. The Morgan fingerprint density at radius 3 is 2.83 bits per heavy atom. The Bertz CT molecular complexity index is 502. The second kappa shape index (κ2) is 11.5. The van der Waals surface area contributed by atoms with Crippen LogP contribution in [-0.4, -0.2) is 43.6 Å². The van der Waals surface area contributed by atoms with Crippen molar-refractivity contribution >= 4 is 29.9 Å². The Morgan fingerprint density at radius 2 is 2.09 bits per heavy atom. The molecule has 0 spiro atoms. The zero-order chi connectivity index (χ0) is 15.6. The number of guanidine groups is 1. The summed E-state index contributed by atoms with van der Waals surface area (Å²) in [4.78, 5) is 7.13. The van der Waals surface area contributed by atoms with Gasteiger partial charge in [-0.25, -0.2) is 0 Å². The summed E-state index contributed by atoms with van der Waals surface area (Å²) >= 11 is 0. The van der Waals surface area contributed by atoms with Crippen LogP contribution in [0.4, 0.5) is 0 Å². The molecule has 2 N–H and O–H groups in total. The van der Waals surface area contributed by atoms with Crippen LogP contribution >= 0.6 is 24.0 Å². The molecule has 1 heterocycles. The highest BCUT2D eigenvalue weighted by Crippen LogP contribution is 2.18. The van der Waals surface area contributed by atoms with Gasteiger partial charge in [0.15, 0.2) is 5.96 Å². The molecule has 0 unspecified atom stereocenters. The van der Waals surface area contributed by atoms with E-state index in [1.165, 1.54) is 17.5 Å². The summed E-state index contributed by atoms with van der Waals surface area (Å²) in [5, 5.41) is 6.48. The van der Waals surface area contributed by atoms with E-state index in [0.29, 0.717) is 0 Å². The summed E-state index contributed by atoms with van der Waals surface area (Å²) in [6, 6.07) is 8.79. The number of nitrogens with one attached hydrogen (secondary N) is 2. The Morgan fingerprint density at radius 1 is 1.30 bits per heavy atom. The first-order valence-electron chi connectivity index (χ1n) is 8.25. The molecule has 5 heteroatoms. The molecule has 0 saturated heterocycles. The van der Waals surface area contributed by atoms with Crippen LogP contribution in [0.15, 0.2) is 41.9 Å². The summed E-state index contributed by atoms with van der Waals surface area (Å²) < 4.78 is 0. The molecule has 0 amide bonds. The standard InChI is InChI=1S/C18H28N4.HI/c1-3-11-20-18(19-4-2)21-12-7-13-22-14-10-16-8-5-6-9-17(16)15-22;/h3,5-6,8-9H,1,4,7,10-15H2,2H3,(H2,19,20,21);1H. The van der Waals surface area contributed by atoms with Crippen LogP contribution in [0.3, 0.4) is 0 Å². The van der Waals surface area contributed by atoms with Gasteiger partial charge in [0.05, 0.1) is 0 Å². The van der Waals surface area contributed by atoms with Crippen molar-refractivity contribution in [1.82, 2.24) is 15.5 Å². The van der Waals surface area contributed by atoms with E-state index >= 15 is 0 Å². The van der Waals surface area contributed by atoms with Crippen molar-refractivity contribution in [3.8, 4) is 0 Å². The molecule has 0 atom stereocenters. The molecule has 0 aliphatic carbocycles. The van der Waals surface area contributed by atoms with Crippen molar-refractivity contribution in [1.29, 1.82) is 0 Å². The van der Waals surface area contributed by atoms with Crippen LogP contribution < -0.4 is 10.6 Å². The molecule has 23 heavy (non-hydrogen) atoms. The van der Waals surface area contributed by atoms with E-state index in [-0.39, 0.29) is 24.0 Å². The van der Waals surface area contributed by atoms with Gasteiger partial charge in [0.1, 0.15) is 0 Å². The fourth-order valence-electron chi connectivity index (χ4n) is 2.74. The SMILES string of the molecule is C=CCNC(=NCCCN1CCc2ccccc2C1)NCC.I. The van der Waals surface area contributed by atoms with Crippen LogP contribution in [0.1, 0.15) is 24.5 Å². The van der Waals surface area contributed by atoms with E-state index in [4.69, 9.17) is 0 Å². The van der Waals surface area contributed by atoms with Crippen LogP contribution in [0.25, 0.3) is 0 Å². The molecule has 1 aliphatic rings. The van der Waals surface area contributed by atoms with Crippen molar-refractivity contribution < 1.29 is 0 Å². The maximum Gasteiger partial charge on any atom is 0.191 e. The molecule has 128 valence electrons. The van der Waals surface area contributed by atoms with E-state index in [0.717, 1.165) is 51.6 Å². The molecule has 0 aromatic heterocycles. The lowest BCUT2D eigenvalue weighted by molar-refractivity contribution is 0.252. The summed E-state index contributed by atoms with van der Waals surface area (Å²) in [5.41, 5.74) is 3.00. The molecule has 1 aromatic carbocycles. The monoisotopic (exact) mass is 428 g/mol. The van der Waals surface area contributed by atoms with Crippen molar-refractivity contribution in [3.05, 3.63) is 48.0 Å². The first-order valence-corrected chi connectivity index (χ1v) is 8.25. The Kier molecular flexibility index (Phi) is 9.94. The third kappa shape index (κ3) is 6.91. The summed E-state index contributed by atoms with van der Waals surface area (Å²) in [5.74, 6) is 0.881. The molecule has 0 radical (unpaired) electrons. The zero-order valence-electron chi connectivity index (χ0n) is 14.1. The van der Waals surface area contributed by atoms with E-state index in [9.17, 15) is 0 Å². The van der Waals surface area contributed by atoms with Gasteiger partial charge in [-0.15, -0.1) is 30.6 Å². The number of hydrogen-bond donors (Lipinski definition) is 2. The number of fused-ring (bicyclic) bond motifs is 1. The smallest absolute Gasteiger partial charge is 0.191 e. The van der Waals surface area contributed by atoms with Gasteiger partial charge in [0.25, 0.3) is 0 Å².